The van der Waals surface area contributed by atoms with E-state index in [0.29, 0.717) is 77.1 Å². The van der Waals surface area contributed by atoms with Crippen LogP contribution in [0.3, 0.4) is 0 Å². The molecule has 5 N–H and O–H groups in total. The molecule has 9 fully saturated rings. The van der Waals surface area contributed by atoms with Gasteiger partial charge < -0.3 is 41.3 Å². The summed E-state index contributed by atoms with van der Waals surface area (Å²) < 4.78 is 0. The average molecular weight is 1750 g/mol. The maximum atomic E-state index is 12.0. The number of rotatable bonds is 19. The number of hydrogen-bond donors (Lipinski definition) is 5. The maximum Gasteiger partial charge on any atom is 0.225 e. The van der Waals surface area contributed by atoms with Crippen molar-refractivity contribution in [2.24, 2.45) is 101 Å². The fourth-order valence-corrected chi connectivity index (χ4v) is 15.9. The number of carbonyl (C=O) groups excluding carboxylic acids is 8. The van der Waals surface area contributed by atoms with Crippen molar-refractivity contribution in [3.8, 4) is 0 Å². The Morgan fingerprint density at radius 3 is 0.813 bits per heavy atom. The first-order chi connectivity index (χ1) is 58.6. The van der Waals surface area contributed by atoms with E-state index in [4.69, 9.17) is 0 Å². The molecular weight excluding hydrogens is 1530 g/mol. The molecule has 16 heteroatoms. The second-order valence-electron chi connectivity index (χ2n) is 37.2. The predicted molar refractivity (Wildman–Crippen MR) is 538 cm³/mol. The van der Waals surface area contributed by atoms with E-state index in [-0.39, 0.29) is 35.1 Å². The summed E-state index contributed by atoms with van der Waals surface area (Å²) >= 11 is 0. The fraction of sp³-hybridized carbons (Fsp3) is 0.925. The molecule has 0 bridgehead atoms. The van der Waals surface area contributed by atoms with E-state index in [1.807, 2.05) is 163 Å². The van der Waals surface area contributed by atoms with Crippen molar-refractivity contribution in [2.45, 2.75) is 491 Å². The third-order valence-corrected chi connectivity index (χ3v) is 26.0. The zero-order chi connectivity index (χ0) is 96.3. The Morgan fingerprint density at radius 1 is 0.317 bits per heavy atom. The molecule has 8 amide bonds. The summed E-state index contributed by atoms with van der Waals surface area (Å²) in [7, 11) is 7.52. The fourth-order valence-electron chi connectivity index (χ4n) is 15.9. The Morgan fingerprint density at radius 2 is 0.569 bits per heavy atom. The maximum absolute atomic E-state index is 12.0. The van der Waals surface area contributed by atoms with Gasteiger partial charge in [-0.05, 0) is 339 Å². The molecule has 9 aliphatic rings. The second kappa shape index (κ2) is 84.6. The lowest BCUT2D eigenvalue weighted by atomic mass is 9.82. The predicted octanol–water partition coefficient (Wildman–Crippen LogP) is 27.6. The summed E-state index contributed by atoms with van der Waals surface area (Å²) in [5, 5.41) is 15.2. The lowest BCUT2D eigenvalue weighted by Crippen LogP contribution is -2.46. The molecule has 0 heterocycles. The Labute approximate surface area is 768 Å². The first-order valence-electron chi connectivity index (χ1n) is 52.8. The number of hydrogen-bond acceptors (Lipinski definition) is 8. The highest BCUT2D eigenvalue weighted by molar-refractivity contribution is 5.82. The van der Waals surface area contributed by atoms with Gasteiger partial charge in [-0.15, -0.1) is 0 Å². The van der Waals surface area contributed by atoms with Crippen molar-refractivity contribution in [1.82, 2.24) is 41.3 Å². The van der Waals surface area contributed by atoms with Crippen LogP contribution < -0.4 is 26.6 Å². The van der Waals surface area contributed by atoms with E-state index in [1.165, 1.54) is 116 Å². The standard InChI is InChI=1S/C13H25NO.C12H21NO.2C12H23NO.2C11H21NO.2C10H19NO.8C2H6/c1-5-13(3,4)14-12(15)11-8-6-10(2)7-9-11;1-9-2-6-11(7-3-9)12(14)13-8-10-4-5-10;1-9(2)13(4)12(14)11-7-5-10(3)6-8-11;1-4-10(3)13-12(14)11-7-5-9(2)6-8-11;1-4-12(3)11(13)10-7-5-9(2)6-8-10;1-3-8-12-11(13)10-6-4-9(2)5-7-10;1-8-4-6-9(7-5-8)10(12)11(2)3;1-3-11-10(12)9-6-4-8(2)5-7-9;8*1-2/h10-11H,5-9H2,1-4H3,(H,14,15);9-11H,2-8H2,1H3,(H,13,14);9-11H,5-8H2,1-4H3;9-11H,4-8H2,1-3H3,(H,13,14);9-10H,4-8H2,1-3H3;9-10H,3-8H2,1-2H3,(H,12,13);8-9H,4-7H2,1-3H3;8-9H,3-7H2,1-2H3,(H,11,12);8*1-2H3/t;;;9?,10-,11?;;;;;;;;;;;;/m...1............/s1. The van der Waals surface area contributed by atoms with Crippen LogP contribution in [0.1, 0.15) is 473 Å². The van der Waals surface area contributed by atoms with E-state index >= 15 is 0 Å². The van der Waals surface area contributed by atoms with Crippen molar-refractivity contribution >= 4 is 47.3 Å². The van der Waals surface area contributed by atoms with Crippen LogP contribution >= 0.6 is 0 Å². The van der Waals surface area contributed by atoms with Crippen LogP contribution in [0, 0.1) is 101 Å². The van der Waals surface area contributed by atoms with Gasteiger partial charge in [0.15, 0.2) is 0 Å². The molecule has 736 valence electrons. The SMILES string of the molecule is CC.CC.CC.CC.CC.CC.CC.CC.CC1CCC(C(=O)N(C)C(C)C)CC1.CC1CCC(C(=O)N(C)C)CC1.CC1CCC(C(=O)NCC2CC2)CC1.CCC(C)(C)NC(=O)C1CCC(C)CC1.CCCNC(=O)C1CCC(C)CC1.CCN(C)C(=O)C1CCC(C)CC1.CCNC(=O)C1CCC(C)CC1.CC[C@@H](C)NC(=O)C1CCC(C)CC1. The number of carbonyl (C=O) groups is 8. The first kappa shape index (κ1) is 132. The lowest BCUT2D eigenvalue weighted by molar-refractivity contribution is -0.137. The van der Waals surface area contributed by atoms with Gasteiger partial charge in [-0.25, -0.2) is 0 Å². The minimum atomic E-state index is -0.0415. The monoisotopic (exact) mass is 1750 g/mol. The molecule has 123 heavy (non-hydrogen) atoms. The quantitative estimate of drug-likeness (QED) is 0.0839. The van der Waals surface area contributed by atoms with E-state index in [2.05, 4.69) is 137 Å². The second-order valence-corrected chi connectivity index (χ2v) is 37.2. The van der Waals surface area contributed by atoms with Crippen LogP contribution in [0.25, 0.3) is 0 Å². The number of amides is 8. The van der Waals surface area contributed by atoms with Crippen molar-refractivity contribution in [1.29, 1.82) is 0 Å². The molecule has 0 spiro atoms. The van der Waals surface area contributed by atoms with Gasteiger partial charge in [0.2, 0.25) is 47.3 Å². The lowest BCUT2D eigenvalue weighted by Gasteiger charge is -2.30. The molecule has 9 aliphatic carbocycles. The highest BCUT2D eigenvalue weighted by Gasteiger charge is 2.33. The van der Waals surface area contributed by atoms with Crippen LogP contribution in [-0.4, -0.2) is 134 Å². The van der Waals surface area contributed by atoms with Crippen molar-refractivity contribution in [3.63, 3.8) is 0 Å². The molecule has 0 aromatic heterocycles. The molecule has 0 aromatic rings. The molecule has 0 radical (unpaired) electrons. The minimum Gasteiger partial charge on any atom is -0.356 e. The summed E-state index contributed by atoms with van der Waals surface area (Å²) in [6, 6.07) is 0.670. The molecule has 0 unspecified atom stereocenters. The van der Waals surface area contributed by atoms with E-state index in [9.17, 15) is 38.4 Å². The van der Waals surface area contributed by atoms with Crippen molar-refractivity contribution in [3.05, 3.63) is 0 Å². The van der Waals surface area contributed by atoms with Crippen LogP contribution in [0.4, 0.5) is 0 Å². The first-order valence-corrected chi connectivity index (χ1v) is 52.8. The molecule has 9 rings (SSSR count). The van der Waals surface area contributed by atoms with Crippen molar-refractivity contribution < 1.29 is 38.4 Å². The zero-order valence-corrected chi connectivity index (χ0v) is 89.6. The van der Waals surface area contributed by atoms with Crippen LogP contribution in [0.15, 0.2) is 0 Å². The van der Waals surface area contributed by atoms with Gasteiger partial charge in [0.25, 0.3) is 0 Å². The smallest absolute Gasteiger partial charge is 0.225 e. The molecule has 16 nitrogen and oxygen atoms in total. The molecular formula is C107H220N8O8. The van der Waals surface area contributed by atoms with E-state index in [0.717, 1.165) is 201 Å². The van der Waals surface area contributed by atoms with Gasteiger partial charge in [0.1, 0.15) is 0 Å². The van der Waals surface area contributed by atoms with E-state index < -0.39 is 0 Å². The highest BCUT2D eigenvalue weighted by Crippen LogP contribution is 2.36. The number of nitrogens with one attached hydrogen (secondary N) is 5. The molecule has 0 aliphatic heterocycles. The Kier molecular flexibility index (Phi) is 90.7. The van der Waals surface area contributed by atoms with Crippen molar-refractivity contribution in [2.75, 3.05) is 54.4 Å². The Hall–Kier alpha value is -4.24. The van der Waals surface area contributed by atoms with Gasteiger partial charge in [-0.2, -0.15) is 0 Å². The van der Waals surface area contributed by atoms with Gasteiger partial charge in [-0.1, -0.05) is 187 Å². The molecule has 9 saturated carbocycles. The van der Waals surface area contributed by atoms with Gasteiger partial charge in [0, 0.05) is 119 Å². The van der Waals surface area contributed by atoms with Gasteiger partial charge >= 0.3 is 0 Å². The van der Waals surface area contributed by atoms with Gasteiger partial charge in [0.05, 0.1) is 0 Å². The summed E-state index contributed by atoms with van der Waals surface area (Å²) in [6.07, 6.45) is 42.8. The summed E-state index contributed by atoms with van der Waals surface area (Å²) in [6.45, 7) is 74.3. The number of nitrogens with zero attached hydrogens (tertiary/aromatic N) is 3. The van der Waals surface area contributed by atoms with Crippen LogP contribution in [0.2, 0.25) is 0 Å². The summed E-state index contributed by atoms with van der Waals surface area (Å²) in [5.41, 5.74) is -0.0415. The summed E-state index contributed by atoms with van der Waals surface area (Å²) in [4.78, 5) is 99.1. The summed E-state index contributed by atoms with van der Waals surface area (Å²) in [5.74, 6) is 12.3. The molecule has 1 atom stereocenters. The normalized spacial score (nSPS) is 25.8. The average Bonchev–Trinajstić information content (AvgIpc) is 1.31. The Balaban J connectivity index is -0.000000244. The largest absolute Gasteiger partial charge is 0.356 e. The molecule has 0 aromatic carbocycles. The topological polar surface area (TPSA) is 206 Å². The molecule has 0 saturated heterocycles. The van der Waals surface area contributed by atoms with E-state index in [1.54, 1.807) is 4.90 Å². The third-order valence-electron chi connectivity index (χ3n) is 26.0. The minimum absolute atomic E-state index is 0.0415. The Bertz CT molecular complexity index is 2430. The van der Waals surface area contributed by atoms with Crippen LogP contribution in [0.5, 0.6) is 0 Å². The third kappa shape index (κ3) is 65.9. The van der Waals surface area contributed by atoms with Gasteiger partial charge in [-0.3, -0.25) is 38.4 Å². The van der Waals surface area contributed by atoms with Crippen LogP contribution in [-0.2, 0) is 38.4 Å². The zero-order valence-electron chi connectivity index (χ0n) is 89.6. The highest BCUT2D eigenvalue weighted by atomic mass is 16.2.